The van der Waals surface area contributed by atoms with Crippen LogP contribution < -0.4 is 11.3 Å². The van der Waals surface area contributed by atoms with Gasteiger partial charge in [-0.2, -0.15) is 0 Å². The molecule has 1 aromatic carbocycles. The number of halogens is 1. The number of aromatic nitrogens is 4. The van der Waals surface area contributed by atoms with Crippen LogP contribution in [-0.4, -0.2) is 62.0 Å². The molecule has 11 nitrogen and oxygen atoms in total. The van der Waals surface area contributed by atoms with E-state index in [0.29, 0.717) is 15.9 Å². The number of ether oxygens (including phenoxy) is 3. The molecule has 0 radical (unpaired) electrons. The topological polar surface area (TPSA) is 147 Å². The molecule has 0 spiro atoms. The molecule has 3 aromatic rings. The van der Waals surface area contributed by atoms with Crippen LogP contribution in [0.5, 0.6) is 0 Å². The first-order valence-electron chi connectivity index (χ1n) is 9.74. The molecule has 2 aromatic heterocycles. The zero-order chi connectivity index (χ0) is 22.2. The molecular formula is C19H19ClN6O5S. The van der Waals surface area contributed by atoms with Gasteiger partial charge in [0.15, 0.2) is 12.4 Å². The van der Waals surface area contributed by atoms with Gasteiger partial charge >= 0.3 is 0 Å². The normalized spacial score (nSPS) is 30.0. The molecule has 0 saturated carbocycles. The van der Waals surface area contributed by atoms with E-state index in [9.17, 15) is 9.90 Å². The average molecular weight is 479 g/mol. The number of thiazole rings is 1. The van der Waals surface area contributed by atoms with Crippen LogP contribution in [0.4, 0.5) is 0 Å². The summed E-state index contributed by atoms with van der Waals surface area (Å²) in [4.78, 5) is 16.5. The van der Waals surface area contributed by atoms with Gasteiger partial charge in [-0.05, 0) is 0 Å². The largest absolute Gasteiger partial charge is 0.387 e. The van der Waals surface area contributed by atoms with Crippen molar-refractivity contribution >= 4 is 28.8 Å². The van der Waals surface area contributed by atoms with E-state index in [1.165, 1.54) is 16.0 Å². The highest BCUT2D eigenvalue weighted by Crippen LogP contribution is 2.39. The lowest BCUT2D eigenvalue weighted by atomic mass is 9.91. The van der Waals surface area contributed by atoms with Crippen LogP contribution >= 0.6 is 22.9 Å². The number of amides is 1. The maximum absolute atomic E-state index is 12.3. The lowest BCUT2D eigenvalue weighted by Gasteiger charge is -2.47. The molecule has 4 N–H and O–H groups in total. The minimum absolute atomic E-state index is 0.144. The Morgan fingerprint density at radius 2 is 2.12 bits per heavy atom. The summed E-state index contributed by atoms with van der Waals surface area (Å²) < 4.78 is 19.3. The number of aliphatic hydroxyl groups excluding tert-OH is 1. The third kappa shape index (κ3) is 3.90. The average Bonchev–Trinajstić information content (AvgIpc) is 3.47. The van der Waals surface area contributed by atoms with E-state index < -0.39 is 42.7 Å². The van der Waals surface area contributed by atoms with E-state index in [-0.39, 0.29) is 6.61 Å². The Morgan fingerprint density at radius 3 is 2.84 bits per heavy atom. The van der Waals surface area contributed by atoms with Crippen molar-refractivity contribution in [2.75, 3.05) is 6.61 Å². The number of hydrogen-bond acceptors (Lipinski definition) is 10. The Kier molecular flexibility index (Phi) is 5.90. The molecule has 2 aliphatic heterocycles. The lowest BCUT2D eigenvalue weighted by Crippen LogP contribution is -2.63. The van der Waals surface area contributed by atoms with Gasteiger partial charge in [0.05, 0.1) is 12.8 Å². The van der Waals surface area contributed by atoms with Crippen LogP contribution in [0.2, 0.25) is 5.15 Å². The molecular weight excluding hydrogens is 460 g/mol. The minimum Gasteiger partial charge on any atom is -0.387 e. The summed E-state index contributed by atoms with van der Waals surface area (Å²) in [5.41, 5.74) is 3.32. The van der Waals surface area contributed by atoms with Gasteiger partial charge in [-0.15, -0.1) is 16.4 Å². The summed E-state index contributed by atoms with van der Waals surface area (Å²) in [6.07, 6.45) is -2.93. The molecule has 2 aliphatic rings. The predicted octanol–water partition coefficient (Wildman–Crippen LogP) is 0.829. The van der Waals surface area contributed by atoms with Crippen molar-refractivity contribution in [1.82, 2.24) is 25.4 Å². The number of carbonyl (C=O) groups is 1. The number of carbonyl (C=O) groups excluding carboxylic acids is 1. The Bertz CT molecular complexity index is 1100. The van der Waals surface area contributed by atoms with Gasteiger partial charge in [0.25, 0.3) is 5.91 Å². The molecule has 2 saturated heterocycles. The molecule has 4 heterocycles. The van der Waals surface area contributed by atoms with Crippen LogP contribution in [0.1, 0.15) is 17.9 Å². The van der Waals surface area contributed by atoms with Gasteiger partial charge in [0.1, 0.15) is 40.2 Å². The van der Waals surface area contributed by atoms with Gasteiger partial charge in [-0.3, -0.25) is 10.2 Å². The molecule has 0 aliphatic carbocycles. The molecule has 1 amide bonds. The quantitative estimate of drug-likeness (QED) is 0.282. The van der Waals surface area contributed by atoms with Gasteiger partial charge in [0, 0.05) is 10.9 Å². The van der Waals surface area contributed by atoms with Crippen molar-refractivity contribution in [1.29, 1.82) is 0 Å². The van der Waals surface area contributed by atoms with Crippen molar-refractivity contribution in [3.05, 3.63) is 52.6 Å². The highest BCUT2D eigenvalue weighted by molar-refractivity contribution is 7.13. The third-order valence-corrected chi connectivity index (χ3v) is 6.55. The summed E-state index contributed by atoms with van der Waals surface area (Å²) in [6, 6.07) is 8.60. The van der Waals surface area contributed by atoms with Crippen molar-refractivity contribution in [3.8, 4) is 10.7 Å². The number of benzene rings is 1. The Balaban J connectivity index is 1.49. The maximum Gasteiger partial charge on any atom is 0.265 e. The van der Waals surface area contributed by atoms with Crippen molar-refractivity contribution < 1.29 is 24.1 Å². The predicted molar refractivity (Wildman–Crippen MR) is 112 cm³/mol. The third-order valence-electron chi connectivity index (χ3n) is 5.36. The number of fused-ring (bicyclic) bond motifs is 1. The standard InChI is InChI=1S/C19H19ClN6O5S/c20-12-8-32-18(22-12)10-6-26(25-24-10)13-14(27)16(17(28)23-21)30-11-7-29-19(31-15(11)13)9-4-2-1-3-5-9/h1-6,8,11,13-16,19,27H,7,21H2,(H,23,28)/t11?,13-,14?,15+,16-,19?/m1/s1. The van der Waals surface area contributed by atoms with Gasteiger partial charge in [-0.25, -0.2) is 15.5 Å². The summed E-state index contributed by atoms with van der Waals surface area (Å²) in [5.74, 6) is 4.62. The Labute approximate surface area is 191 Å². The number of hydrazine groups is 1. The van der Waals surface area contributed by atoms with Crippen LogP contribution in [0.25, 0.3) is 10.7 Å². The van der Waals surface area contributed by atoms with Gasteiger partial charge in [-0.1, -0.05) is 47.1 Å². The second-order valence-corrected chi connectivity index (χ2v) is 8.57. The lowest BCUT2D eigenvalue weighted by molar-refractivity contribution is -0.312. The summed E-state index contributed by atoms with van der Waals surface area (Å²) >= 11 is 7.24. The number of nitrogens with zero attached hydrogens (tertiary/aromatic N) is 4. The molecule has 168 valence electrons. The number of nitrogens with two attached hydrogens (primary N) is 1. The van der Waals surface area contributed by atoms with E-state index in [0.717, 1.165) is 5.56 Å². The number of hydrogen-bond donors (Lipinski definition) is 3. The molecule has 2 fully saturated rings. The molecule has 3 unspecified atom stereocenters. The second kappa shape index (κ2) is 8.83. The Morgan fingerprint density at radius 1 is 1.31 bits per heavy atom. The highest BCUT2D eigenvalue weighted by atomic mass is 35.5. The first kappa shape index (κ1) is 21.4. The molecule has 0 bridgehead atoms. The van der Waals surface area contributed by atoms with Crippen molar-refractivity contribution in [2.24, 2.45) is 5.84 Å². The summed E-state index contributed by atoms with van der Waals surface area (Å²) in [5, 5.41) is 22.0. The highest BCUT2D eigenvalue weighted by Gasteiger charge is 2.52. The van der Waals surface area contributed by atoms with Crippen LogP contribution in [-0.2, 0) is 19.0 Å². The summed E-state index contributed by atoms with van der Waals surface area (Å²) in [6.45, 7) is 0.144. The van der Waals surface area contributed by atoms with Crippen molar-refractivity contribution in [3.63, 3.8) is 0 Å². The zero-order valence-electron chi connectivity index (χ0n) is 16.4. The number of rotatable bonds is 4. The first-order valence-corrected chi connectivity index (χ1v) is 11.0. The van der Waals surface area contributed by atoms with Crippen molar-refractivity contribution in [2.45, 2.75) is 36.7 Å². The Hall–Kier alpha value is -2.45. The first-order chi connectivity index (χ1) is 15.5. The number of nitrogens with one attached hydrogen (secondary N) is 1. The molecule has 13 heteroatoms. The SMILES string of the molecule is NNC(=O)[C@@H]1OC2COC(c3ccccc3)O[C@@H]2[C@H](n2cc(-c3nc(Cl)cs3)nn2)C1O. The van der Waals surface area contributed by atoms with Gasteiger partial charge in [0.2, 0.25) is 0 Å². The van der Waals surface area contributed by atoms with E-state index in [1.54, 1.807) is 11.6 Å². The minimum atomic E-state index is -1.32. The fraction of sp³-hybridized carbons (Fsp3) is 0.368. The van der Waals surface area contributed by atoms with Crippen LogP contribution in [0, 0.1) is 0 Å². The van der Waals surface area contributed by atoms with E-state index in [2.05, 4.69) is 15.3 Å². The molecule has 32 heavy (non-hydrogen) atoms. The second-order valence-electron chi connectivity index (χ2n) is 7.32. The smallest absolute Gasteiger partial charge is 0.265 e. The monoisotopic (exact) mass is 478 g/mol. The molecule has 5 rings (SSSR count). The summed E-state index contributed by atoms with van der Waals surface area (Å²) in [7, 11) is 0. The van der Waals surface area contributed by atoms with Crippen LogP contribution in [0.3, 0.4) is 0 Å². The van der Waals surface area contributed by atoms with E-state index in [1.807, 2.05) is 35.8 Å². The number of aliphatic hydroxyl groups is 1. The molecule has 6 atom stereocenters. The van der Waals surface area contributed by atoms with E-state index >= 15 is 0 Å². The zero-order valence-corrected chi connectivity index (χ0v) is 18.0. The maximum atomic E-state index is 12.3. The van der Waals surface area contributed by atoms with Gasteiger partial charge < -0.3 is 19.3 Å². The van der Waals surface area contributed by atoms with Crippen LogP contribution in [0.15, 0.2) is 41.9 Å². The fourth-order valence-corrected chi connectivity index (χ4v) is 4.78. The van der Waals surface area contributed by atoms with E-state index in [4.69, 9.17) is 31.7 Å². The fourth-order valence-electron chi connectivity index (χ4n) is 3.89.